The summed E-state index contributed by atoms with van der Waals surface area (Å²) in [6, 6.07) is 8.00. The minimum absolute atomic E-state index is 0.0694. The predicted octanol–water partition coefficient (Wildman–Crippen LogP) is 3.30. The number of rotatable bonds is 3. The molecule has 1 aliphatic rings. The third kappa shape index (κ3) is 2.42. The molecule has 0 bridgehead atoms. The molecule has 2 rings (SSSR count). The van der Waals surface area contributed by atoms with Crippen molar-refractivity contribution in [3.05, 3.63) is 35.9 Å². The largest absolute Gasteiger partial charge is 0.419 e. The summed E-state index contributed by atoms with van der Waals surface area (Å²) in [5.74, 6) is 0. The van der Waals surface area contributed by atoms with Crippen molar-refractivity contribution in [1.29, 1.82) is 0 Å². The quantitative estimate of drug-likeness (QED) is 0.624. The van der Waals surface area contributed by atoms with Crippen LogP contribution in [0.25, 0.3) is 0 Å². The third-order valence-corrected chi connectivity index (χ3v) is 2.86. The van der Waals surface area contributed by atoms with Gasteiger partial charge in [-0.25, -0.2) is 0 Å². The van der Waals surface area contributed by atoms with Crippen molar-refractivity contribution in [2.75, 3.05) is 6.54 Å². The van der Waals surface area contributed by atoms with Crippen LogP contribution in [-0.2, 0) is 11.4 Å². The molecular weight excluding hydrogens is 276 g/mol. The Morgan fingerprint density at radius 1 is 1.00 bits per heavy atom. The maximum Gasteiger partial charge on any atom is 0.419 e. The Morgan fingerprint density at radius 3 is 1.95 bits per heavy atom. The van der Waals surface area contributed by atoms with Gasteiger partial charge in [0.1, 0.15) is 0 Å². The summed E-state index contributed by atoms with van der Waals surface area (Å²) in [7, 11) is 0. The number of benzene rings is 1. The zero-order valence-corrected chi connectivity index (χ0v) is 9.42. The van der Waals surface area contributed by atoms with Gasteiger partial charge in [-0.15, -0.1) is 0 Å². The molecule has 106 valence electrons. The van der Waals surface area contributed by atoms with E-state index < -0.39 is 24.4 Å². The van der Waals surface area contributed by atoms with Crippen LogP contribution in [0.2, 0.25) is 0 Å². The molecule has 1 aliphatic heterocycles. The molecule has 1 atom stereocenters. The lowest BCUT2D eigenvalue weighted by Gasteiger charge is -2.23. The lowest BCUT2D eigenvalue weighted by atomic mass is 10.1. The Kier molecular flexibility index (Phi) is 3.26. The highest BCUT2D eigenvalue weighted by Crippen LogP contribution is 2.56. The molecule has 1 saturated heterocycles. The third-order valence-electron chi connectivity index (χ3n) is 2.86. The zero-order valence-electron chi connectivity index (χ0n) is 9.42. The van der Waals surface area contributed by atoms with E-state index in [1.807, 2.05) is 0 Å². The van der Waals surface area contributed by atoms with E-state index >= 15 is 0 Å². The van der Waals surface area contributed by atoms with E-state index in [4.69, 9.17) is 0 Å². The van der Waals surface area contributed by atoms with E-state index in [2.05, 4.69) is 4.84 Å². The SMILES string of the molecule is FC(F)(F)C1(C(F)(F)F)CN1OCc1ccccc1. The fourth-order valence-electron chi connectivity index (χ4n) is 1.68. The molecule has 0 saturated carbocycles. The molecule has 0 N–H and O–H groups in total. The van der Waals surface area contributed by atoms with Crippen LogP contribution in [-0.4, -0.2) is 29.5 Å². The van der Waals surface area contributed by atoms with Crippen molar-refractivity contribution < 1.29 is 31.2 Å². The van der Waals surface area contributed by atoms with Gasteiger partial charge in [-0.3, -0.25) is 4.84 Å². The molecule has 2 nitrogen and oxygen atoms in total. The fraction of sp³-hybridized carbons (Fsp3) is 0.455. The van der Waals surface area contributed by atoms with Crippen molar-refractivity contribution >= 4 is 0 Å². The first-order valence-electron chi connectivity index (χ1n) is 5.26. The van der Waals surface area contributed by atoms with Crippen LogP contribution in [0.5, 0.6) is 0 Å². The molecule has 0 spiro atoms. The van der Waals surface area contributed by atoms with E-state index in [0.717, 1.165) is 0 Å². The van der Waals surface area contributed by atoms with E-state index in [1.54, 1.807) is 30.3 Å². The minimum Gasteiger partial charge on any atom is -0.293 e. The summed E-state index contributed by atoms with van der Waals surface area (Å²) in [4.78, 5) is 4.60. The summed E-state index contributed by atoms with van der Waals surface area (Å²) in [6.45, 7) is -1.57. The van der Waals surface area contributed by atoms with Gasteiger partial charge in [0.25, 0.3) is 5.54 Å². The predicted molar refractivity (Wildman–Crippen MR) is 52.8 cm³/mol. The molecule has 1 aromatic rings. The number of alkyl halides is 6. The number of hydrogen-bond donors (Lipinski definition) is 0. The number of hydroxylamine groups is 2. The fourth-order valence-corrected chi connectivity index (χ4v) is 1.68. The second kappa shape index (κ2) is 4.38. The molecule has 0 radical (unpaired) electrons. The highest BCUT2D eigenvalue weighted by molar-refractivity contribution is 5.16. The molecule has 1 heterocycles. The molecule has 8 heteroatoms. The van der Waals surface area contributed by atoms with Gasteiger partial charge in [-0.2, -0.15) is 31.4 Å². The van der Waals surface area contributed by atoms with Gasteiger partial charge in [0, 0.05) is 0 Å². The van der Waals surface area contributed by atoms with Gasteiger partial charge in [-0.05, 0) is 5.56 Å². The maximum atomic E-state index is 12.5. The first kappa shape index (κ1) is 14.1. The van der Waals surface area contributed by atoms with Crippen molar-refractivity contribution in [2.24, 2.45) is 0 Å². The maximum absolute atomic E-state index is 12.5. The molecule has 0 aliphatic carbocycles. The normalized spacial score (nSPS) is 22.3. The molecule has 19 heavy (non-hydrogen) atoms. The van der Waals surface area contributed by atoms with Crippen LogP contribution < -0.4 is 0 Å². The summed E-state index contributed by atoms with van der Waals surface area (Å²) in [6.07, 6.45) is -10.8. The van der Waals surface area contributed by atoms with Gasteiger partial charge in [0.05, 0.1) is 13.2 Å². The van der Waals surface area contributed by atoms with Gasteiger partial charge in [0.15, 0.2) is 0 Å². The second-order valence-electron chi connectivity index (χ2n) is 4.15. The highest BCUT2D eigenvalue weighted by Gasteiger charge is 2.84. The zero-order chi connectivity index (χ0) is 14.3. The van der Waals surface area contributed by atoms with Crippen LogP contribution in [0.3, 0.4) is 0 Å². The van der Waals surface area contributed by atoms with Crippen molar-refractivity contribution in [1.82, 2.24) is 5.06 Å². The van der Waals surface area contributed by atoms with Crippen LogP contribution >= 0.6 is 0 Å². The minimum atomic E-state index is -5.41. The number of halogens is 6. The molecule has 1 aromatic carbocycles. The summed E-state index contributed by atoms with van der Waals surface area (Å²) in [5, 5.41) is -0.0694. The Morgan fingerprint density at radius 2 is 1.53 bits per heavy atom. The topological polar surface area (TPSA) is 12.2 Å². The van der Waals surface area contributed by atoms with Crippen LogP contribution in [0, 0.1) is 0 Å². The molecular formula is C11H9F6NO. The van der Waals surface area contributed by atoms with Gasteiger partial charge < -0.3 is 0 Å². The molecule has 1 unspecified atom stereocenters. The van der Waals surface area contributed by atoms with Crippen molar-refractivity contribution in [2.45, 2.75) is 24.5 Å². The molecule has 0 aromatic heterocycles. The Hall–Kier alpha value is -1.28. The summed E-state index contributed by atoms with van der Waals surface area (Å²) in [5.41, 5.74) is -3.37. The Bertz CT molecular complexity index is 427. The average Bonchev–Trinajstić information content (AvgIpc) is 3.02. The average molecular weight is 285 g/mol. The Balaban J connectivity index is 2.05. The lowest BCUT2D eigenvalue weighted by Crippen LogP contribution is -2.49. The van der Waals surface area contributed by atoms with E-state index in [-0.39, 0.29) is 11.7 Å². The van der Waals surface area contributed by atoms with Gasteiger partial charge >= 0.3 is 12.4 Å². The number of hydrogen-bond acceptors (Lipinski definition) is 2. The monoisotopic (exact) mass is 285 g/mol. The summed E-state index contributed by atoms with van der Waals surface area (Å²) < 4.78 is 75.2. The highest BCUT2D eigenvalue weighted by atomic mass is 19.4. The van der Waals surface area contributed by atoms with Gasteiger partial charge in [-0.1, -0.05) is 30.3 Å². The smallest absolute Gasteiger partial charge is 0.293 e. The Labute approximate surface area is 104 Å². The first-order chi connectivity index (χ1) is 8.68. The molecule has 0 amide bonds. The van der Waals surface area contributed by atoms with Crippen LogP contribution in [0.15, 0.2) is 30.3 Å². The number of nitrogens with zero attached hydrogens (tertiary/aromatic N) is 1. The first-order valence-corrected chi connectivity index (χ1v) is 5.26. The van der Waals surface area contributed by atoms with Crippen molar-refractivity contribution in [3.63, 3.8) is 0 Å². The van der Waals surface area contributed by atoms with E-state index in [0.29, 0.717) is 5.56 Å². The lowest BCUT2D eigenvalue weighted by molar-refractivity contribution is -0.308. The van der Waals surface area contributed by atoms with E-state index in [9.17, 15) is 26.3 Å². The summed E-state index contributed by atoms with van der Waals surface area (Å²) >= 11 is 0. The molecule has 1 fully saturated rings. The van der Waals surface area contributed by atoms with Crippen molar-refractivity contribution in [3.8, 4) is 0 Å². The van der Waals surface area contributed by atoms with E-state index in [1.165, 1.54) is 0 Å². The van der Waals surface area contributed by atoms with Gasteiger partial charge in [0.2, 0.25) is 0 Å². The van der Waals surface area contributed by atoms with Crippen LogP contribution in [0.1, 0.15) is 5.56 Å². The second-order valence-corrected chi connectivity index (χ2v) is 4.15. The standard InChI is InChI=1S/C11H9F6NO/c12-10(13,14)9(11(15,16)17)7-18(9)19-6-8-4-2-1-3-5-8/h1-5H,6-7H2. The van der Waals surface area contributed by atoms with Crippen LogP contribution in [0.4, 0.5) is 26.3 Å².